The summed E-state index contributed by atoms with van der Waals surface area (Å²) in [6.45, 7) is 0.889. The second-order valence-electron chi connectivity index (χ2n) is 4.94. The number of nitrogens with zero attached hydrogens (tertiary/aromatic N) is 1. The number of amides is 1. The van der Waals surface area contributed by atoms with E-state index in [0.717, 1.165) is 18.0 Å². The molecule has 1 unspecified atom stereocenters. The van der Waals surface area contributed by atoms with Gasteiger partial charge in [-0.25, -0.2) is 0 Å². The average molecular weight is 269 g/mol. The van der Waals surface area contributed by atoms with Crippen LogP contribution in [0.1, 0.15) is 30.9 Å². The first-order chi connectivity index (χ1) is 8.16. The van der Waals surface area contributed by atoms with E-state index in [1.165, 1.54) is 12.8 Å². The molecule has 100 valence electrons. The zero-order valence-corrected chi connectivity index (χ0v) is 11.5. The molecule has 1 aliphatic rings. The largest absolute Gasteiger partial charge is 0.345 e. The minimum atomic E-state index is -0.189. The smallest absolute Gasteiger partial charge is 0.224 e. The van der Waals surface area contributed by atoms with Crippen molar-refractivity contribution in [2.24, 2.45) is 11.7 Å². The van der Waals surface area contributed by atoms with Gasteiger partial charge in [-0.2, -0.15) is 0 Å². The van der Waals surface area contributed by atoms with Gasteiger partial charge >= 0.3 is 0 Å². The number of rotatable bonds is 5. The van der Waals surface area contributed by atoms with Gasteiger partial charge in [-0.15, -0.1) is 12.4 Å². The summed E-state index contributed by atoms with van der Waals surface area (Å²) in [5.41, 5.74) is 7.06. The number of nitrogens with two attached hydrogens (primary N) is 1. The first-order valence-corrected chi connectivity index (χ1v) is 6.21. The van der Waals surface area contributed by atoms with E-state index in [1.807, 2.05) is 42.3 Å². The van der Waals surface area contributed by atoms with Crippen LogP contribution in [0.4, 0.5) is 0 Å². The Morgan fingerprint density at radius 1 is 1.39 bits per heavy atom. The molecule has 1 aromatic carbocycles. The van der Waals surface area contributed by atoms with Gasteiger partial charge in [-0.1, -0.05) is 30.3 Å². The molecule has 1 fully saturated rings. The minimum absolute atomic E-state index is 0. The molecular formula is C14H21ClN2O. The molecule has 1 saturated carbocycles. The number of carbonyl (C=O) groups is 1. The first-order valence-electron chi connectivity index (χ1n) is 6.21. The minimum Gasteiger partial charge on any atom is -0.345 e. The highest BCUT2D eigenvalue weighted by Crippen LogP contribution is 2.29. The van der Waals surface area contributed by atoms with Gasteiger partial charge in [0.1, 0.15) is 0 Å². The van der Waals surface area contributed by atoms with E-state index < -0.39 is 0 Å². The SMILES string of the molecule is CN(CC1CC1)C(=O)CC(N)c1ccccc1.Cl. The van der Waals surface area contributed by atoms with Crippen molar-refractivity contribution in [3.05, 3.63) is 35.9 Å². The van der Waals surface area contributed by atoms with Crippen molar-refractivity contribution in [3.8, 4) is 0 Å². The van der Waals surface area contributed by atoms with Crippen LogP contribution in [0, 0.1) is 5.92 Å². The highest BCUT2D eigenvalue weighted by molar-refractivity contribution is 5.85. The summed E-state index contributed by atoms with van der Waals surface area (Å²) in [5.74, 6) is 0.880. The molecule has 3 nitrogen and oxygen atoms in total. The lowest BCUT2D eigenvalue weighted by molar-refractivity contribution is -0.130. The van der Waals surface area contributed by atoms with Crippen molar-refractivity contribution < 1.29 is 4.79 Å². The number of halogens is 1. The van der Waals surface area contributed by atoms with E-state index in [9.17, 15) is 4.79 Å². The van der Waals surface area contributed by atoms with E-state index in [-0.39, 0.29) is 24.4 Å². The molecule has 1 aliphatic carbocycles. The van der Waals surface area contributed by atoms with Crippen molar-refractivity contribution in [1.82, 2.24) is 4.90 Å². The first kappa shape index (κ1) is 15.0. The van der Waals surface area contributed by atoms with Gasteiger partial charge in [-0.3, -0.25) is 4.79 Å². The van der Waals surface area contributed by atoms with Gasteiger partial charge in [0.2, 0.25) is 5.91 Å². The van der Waals surface area contributed by atoms with E-state index in [1.54, 1.807) is 0 Å². The van der Waals surface area contributed by atoms with Gasteiger partial charge < -0.3 is 10.6 Å². The van der Waals surface area contributed by atoms with Gasteiger partial charge in [0.15, 0.2) is 0 Å². The summed E-state index contributed by atoms with van der Waals surface area (Å²) in [6.07, 6.45) is 2.93. The fraction of sp³-hybridized carbons (Fsp3) is 0.500. The highest BCUT2D eigenvalue weighted by atomic mass is 35.5. The van der Waals surface area contributed by atoms with E-state index >= 15 is 0 Å². The van der Waals surface area contributed by atoms with Crippen LogP contribution in [0.5, 0.6) is 0 Å². The Hall–Kier alpha value is -1.06. The Kier molecular flexibility index (Phi) is 5.63. The molecule has 0 bridgehead atoms. The molecule has 1 aromatic rings. The van der Waals surface area contributed by atoms with Crippen LogP contribution >= 0.6 is 12.4 Å². The van der Waals surface area contributed by atoms with Crippen molar-refractivity contribution in [2.45, 2.75) is 25.3 Å². The quantitative estimate of drug-likeness (QED) is 0.891. The maximum atomic E-state index is 11.9. The van der Waals surface area contributed by atoms with Crippen molar-refractivity contribution >= 4 is 18.3 Å². The van der Waals surface area contributed by atoms with Crippen LogP contribution in [0.3, 0.4) is 0 Å². The Morgan fingerprint density at radius 3 is 2.56 bits per heavy atom. The molecule has 0 heterocycles. The highest BCUT2D eigenvalue weighted by Gasteiger charge is 2.25. The molecule has 0 aliphatic heterocycles. The predicted molar refractivity (Wildman–Crippen MR) is 75.6 cm³/mol. The zero-order valence-electron chi connectivity index (χ0n) is 10.7. The molecule has 0 radical (unpaired) electrons. The molecule has 4 heteroatoms. The van der Waals surface area contributed by atoms with Gasteiger partial charge in [-0.05, 0) is 24.3 Å². The van der Waals surface area contributed by atoms with E-state index in [2.05, 4.69) is 0 Å². The summed E-state index contributed by atoms with van der Waals surface area (Å²) in [4.78, 5) is 13.8. The molecular weight excluding hydrogens is 248 g/mol. The van der Waals surface area contributed by atoms with E-state index in [0.29, 0.717) is 6.42 Å². The molecule has 1 atom stereocenters. The maximum Gasteiger partial charge on any atom is 0.224 e. The van der Waals surface area contributed by atoms with Crippen molar-refractivity contribution in [2.75, 3.05) is 13.6 Å². The second kappa shape index (κ2) is 6.76. The van der Waals surface area contributed by atoms with Gasteiger partial charge in [0.25, 0.3) is 0 Å². The Bertz CT molecular complexity index is 379. The van der Waals surface area contributed by atoms with Crippen LogP contribution in [-0.4, -0.2) is 24.4 Å². The Balaban J connectivity index is 0.00000162. The molecule has 18 heavy (non-hydrogen) atoms. The molecule has 1 amide bonds. The average Bonchev–Trinajstić information content (AvgIpc) is 3.14. The molecule has 0 spiro atoms. The molecule has 2 rings (SSSR count). The molecule has 2 N–H and O–H groups in total. The standard InChI is InChI=1S/C14H20N2O.ClH/c1-16(10-11-7-8-11)14(17)9-13(15)12-5-3-2-4-6-12;/h2-6,11,13H,7-10,15H2,1H3;1H. The van der Waals surface area contributed by atoms with Gasteiger partial charge in [0, 0.05) is 26.1 Å². The fourth-order valence-corrected chi connectivity index (χ4v) is 1.95. The predicted octanol–water partition coefficient (Wildman–Crippen LogP) is 2.37. The maximum absolute atomic E-state index is 11.9. The normalized spacial score (nSPS) is 15.7. The van der Waals surface area contributed by atoms with Crippen LogP contribution in [-0.2, 0) is 4.79 Å². The second-order valence-corrected chi connectivity index (χ2v) is 4.94. The number of hydrogen-bond donors (Lipinski definition) is 1. The lowest BCUT2D eigenvalue weighted by atomic mass is 10.0. The van der Waals surface area contributed by atoms with E-state index in [4.69, 9.17) is 5.73 Å². The third-order valence-corrected chi connectivity index (χ3v) is 3.28. The topological polar surface area (TPSA) is 46.3 Å². The van der Waals surface area contributed by atoms with Crippen LogP contribution in [0.25, 0.3) is 0 Å². The fourth-order valence-electron chi connectivity index (χ4n) is 1.95. The number of benzene rings is 1. The summed E-state index contributed by atoms with van der Waals surface area (Å²) in [6, 6.07) is 9.61. The van der Waals surface area contributed by atoms with Crippen molar-refractivity contribution in [3.63, 3.8) is 0 Å². The van der Waals surface area contributed by atoms with Crippen molar-refractivity contribution in [1.29, 1.82) is 0 Å². The Labute approximate surface area is 115 Å². The van der Waals surface area contributed by atoms with Crippen LogP contribution in [0.2, 0.25) is 0 Å². The molecule has 0 saturated heterocycles. The summed E-state index contributed by atoms with van der Waals surface area (Å²) in [7, 11) is 1.87. The zero-order chi connectivity index (χ0) is 12.3. The lowest BCUT2D eigenvalue weighted by Crippen LogP contribution is -2.31. The third kappa shape index (κ3) is 4.31. The van der Waals surface area contributed by atoms with Crippen LogP contribution in [0.15, 0.2) is 30.3 Å². The summed E-state index contributed by atoms with van der Waals surface area (Å²) >= 11 is 0. The van der Waals surface area contributed by atoms with Crippen LogP contribution < -0.4 is 5.73 Å². The third-order valence-electron chi connectivity index (χ3n) is 3.28. The monoisotopic (exact) mass is 268 g/mol. The molecule has 0 aromatic heterocycles. The summed E-state index contributed by atoms with van der Waals surface area (Å²) in [5, 5.41) is 0. The number of hydrogen-bond acceptors (Lipinski definition) is 2. The summed E-state index contributed by atoms with van der Waals surface area (Å²) < 4.78 is 0. The Morgan fingerprint density at radius 2 is 2.00 bits per heavy atom. The number of carbonyl (C=O) groups excluding carboxylic acids is 1. The van der Waals surface area contributed by atoms with Gasteiger partial charge in [0.05, 0.1) is 0 Å². The lowest BCUT2D eigenvalue weighted by Gasteiger charge is -2.19.